The van der Waals surface area contributed by atoms with Gasteiger partial charge in [0, 0.05) is 11.4 Å². The third-order valence-electron chi connectivity index (χ3n) is 4.50. The van der Waals surface area contributed by atoms with E-state index >= 15 is 0 Å². The molecule has 2 aromatic heterocycles. The molecule has 4 aromatic rings. The molecule has 2 aromatic carbocycles. The van der Waals surface area contributed by atoms with Crippen LogP contribution in [-0.4, -0.2) is 30.4 Å². The summed E-state index contributed by atoms with van der Waals surface area (Å²) in [7, 11) is 0. The van der Waals surface area contributed by atoms with Gasteiger partial charge >= 0.3 is 0 Å². The first-order valence-corrected chi connectivity index (χ1v) is 10.2. The van der Waals surface area contributed by atoms with Crippen LogP contribution in [0.4, 0.5) is 17.6 Å². The quantitative estimate of drug-likeness (QED) is 0.323. The van der Waals surface area contributed by atoms with Crippen LogP contribution in [0, 0.1) is 13.8 Å². The summed E-state index contributed by atoms with van der Waals surface area (Å²) in [6, 6.07) is 21.7. The number of aryl methyl sites for hydroxylation is 2. The minimum Gasteiger partial charge on any atom is -0.324 e. The Bertz CT molecular complexity index is 1240. The van der Waals surface area contributed by atoms with Gasteiger partial charge in [-0.15, -0.1) is 0 Å². The number of hydrogen-bond acceptors (Lipinski definition) is 7. The fourth-order valence-electron chi connectivity index (χ4n) is 3.00. The van der Waals surface area contributed by atoms with Crippen LogP contribution in [0.2, 0.25) is 0 Å². The first kappa shape index (κ1) is 20.9. The highest BCUT2D eigenvalue weighted by atomic mass is 15.4. The Morgan fingerprint density at radius 3 is 2.28 bits per heavy atom. The minimum atomic E-state index is 0.313. The van der Waals surface area contributed by atoms with E-state index in [1.165, 1.54) is 0 Å². The second-order valence-corrected chi connectivity index (χ2v) is 7.22. The van der Waals surface area contributed by atoms with Gasteiger partial charge in [0.05, 0.1) is 11.4 Å². The fourth-order valence-corrected chi connectivity index (χ4v) is 3.00. The molecule has 0 fully saturated rings. The lowest BCUT2D eigenvalue weighted by molar-refractivity contribution is 0.767. The maximum Gasteiger partial charge on any atom is 0.257 e. The lowest BCUT2D eigenvalue weighted by atomic mass is 10.2. The van der Waals surface area contributed by atoms with E-state index in [1.54, 1.807) is 4.68 Å². The van der Waals surface area contributed by atoms with Crippen molar-refractivity contribution in [3.63, 3.8) is 0 Å². The zero-order valence-electron chi connectivity index (χ0n) is 18.2. The molecule has 0 unspecified atom stereocenters. The number of anilines is 3. The Hall–Kier alpha value is -4.33. The van der Waals surface area contributed by atoms with Gasteiger partial charge < -0.3 is 5.32 Å². The van der Waals surface area contributed by atoms with Crippen molar-refractivity contribution in [2.45, 2.75) is 20.8 Å². The number of aromatic nitrogens is 5. The molecular weight excluding hydrogens is 400 g/mol. The van der Waals surface area contributed by atoms with Gasteiger partial charge in [-0.05, 0) is 50.6 Å². The summed E-state index contributed by atoms with van der Waals surface area (Å²) < 4.78 is 1.68. The average Bonchev–Trinajstić information content (AvgIpc) is 3.15. The van der Waals surface area contributed by atoms with Gasteiger partial charge in [0.2, 0.25) is 11.9 Å². The molecule has 0 saturated carbocycles. The van der Waals surface area contributed by atoms with E-state index in [1.807, 2.05) is 99.7 Å². The van der Waals surface area contributed by atoms with Crippen molar-refractivity contribution in [3.05, 3.63) is 89.8 Å². The van der Waals surface area contributed by atoms with Crippen LogP contribution in [0.15, 0.2) is 77.9 Å². The van der Waals surface area contributed by atoms with Crippen molar-refractivity contribution in [2.75, 3.05) is 10.7 Å². The molecule has 0 aliphatic heterocycles. The summed E-state index contributed by atoms with van der Waals surface area (Å²) >= 11 is 0. The monoisotopic (exact) mass is 424 g/mol. The van der Waals surface area contributed by atoms with Gasteiger partial charge in [-0.1, -0.05) is 54.6 Å². The molecule has 8 heteroatoms. The number of hydrazone groups is 1. The molecule has 0 spiro atoms. The predicted molar refractivity (Wildman–Crippen MR) is 128 cm³/mol. The van der Waals surface area contributed by atoms with Crippen LogP contribution >= 0.6 is 0 Å². The maximum atomic E-state index is 4.54. The van der Waals surface area contributed by atoms with E-state index in [0.717, 1.165) is 28.4 Å². The Labute approximate surface area is 186 Å². The highest BCUT2D eigenvalue weighted by Crippen LogP contribution is 2.16. The lowest BCUT2D eigenvalue weighted by Gasteiger charge is -2.09. The summed E-state index contributed by atoms with van der Waals surface area (Å²) in [5, 5.41) is 12.1. The van der Waals surface area contributed by atoms with Crippen LogP contribution in [0.3, 0.4) is 0 Å². The Kier molecular flexibility index (Phi) is 6.31. The van der Waals surface area contributed by atoms with Crippen molar-refractivity contribution < 1.29 is 0 Å². The molecular formula is C24H24N8. The summed E-state index contributed by atoms with van der Waals surface area (Å²) in [4.78, 5) is 13.5. The molecule has 4 rings (SSSR count). The van der Waals surface area contributed by atoms with E-state index in [9.17, 15) is 0 Å². The van der Waals surface area contributed by atoms with Gasteiger partial charge in [0.15, 0.2) is 0 Å². The molecule has 2 heterocycles. The number of nitrogens with zero attached hydrogens (tertiary/aromatic N) is 6. The Morgan fingerprint density at radius 1 is 0.906 bits per heavy atom. The first-order valence-electron chi connectivity index (χ1n) is 10.2. The van der Waals surface area contributed by atoms with E-state index < -0.39 is 0 Å². The molecule has 0 aliphatic rings. The normalized spacial score (nSPS) is 11.7. The molecule has 0 amide bonds. The second-order valence-electron chi connectivity index (χ2n) is 7.22. The highest BCUT2D eigenvalue weighted by Gasteiger charge is 2.12. The smallest absolute Gasteiger partial charge is 0.257 e. The van der Waals surface area contributed by atoms with Crippen molar-refractivity contribution in [1.29, 1.82) is 0 Å². The van der Waals surface area contributed by atoms with Gasteiger partial charge in [-0.3, -0.25) is 0 Å². The topological polar surface area (TPSA) is 92.9 Å². The SMILES string of the molecule is CC(/C=C/c1ccccc1)=N\Nc1nc(Nc2ccccc2)nc(-n2nc(C)cc2C)n1. The van der Waals surface area contributed by atoms with Crippen LogP contribution < -0.4 is 10.7 Å². The first-order chi connectivity index (χ1) is 15.6. The van der Waals surface area contributed by atoms with E-state index in [4.69, 9.17) is 0 Å². The van der Waals surface area contributed by atoms with E-state index in [0.29, 0.717) is 17.8 Å². The number of allylic oxidation sites excluding steroid dienone is 1. The van der Waals surface area contributed by atoms with E-state index in [2.05, 4.69) is 35.9 Å². The molecule has 0 atom stereocenters. The van der Waals surface area contributed by atoms with Crippen molar-refractivity contribution in [1.82, 2.24) is 24.7 Å². The second kappa shape index (κ2) is 9.65. The lowest BCUT2D eigenvalue weighted by Crippen LogP contribution is -2.11. The number of benzene rings is 2. The number of rotatable bonds is 7. The van der Waals surface area contributed by atoms with Gasteiger partial charge in [0.1, 0.15) is 0 Å². The molecule has 0 aliphatic carbocycles. The molecule has 0 saturated heterocycles. The Balaban J connectivity index is 1.61. The summed E-state index contributed by atoms with van der Waals surface area (Å²) in [6.07, 6.45) is 3.92. The van der Waals surface area contributed by atoms with Crippen molar-refractivity contribution in [3.8, 4) is 5.95 Å². The molecule has 8 nitrogen and oxygen atoms in total. The van der Waals surface area contributed by atoms with Crippen LogP contribution in [-0.2, 0) is 0 Å². The number of para-hydroxylation sites is 1. The van der Waals surface area contributed by atoms with Gasteiger partial charge in [-0.25, -0.2) is 10.1 Å². The standard InChI is InChI=1S/C24H24N8/c1-17(14-15-20-10-6-4-7-11-20)29-30-23-26-22(25-21-12-8-5-9-13-21)27-24(28-23)32-19(3)16-18(2)31-32/h4-16H,1-3H3,(H2,25,26,27,28,30)/b15-14+,29-17+. The molecule has 160 valence electrons. The third-order valence-corrected chi connectivity index (χ3v) is 4.50. The summed E-state index contributed by atoms with van der Waals surface area (Å²) in [5.41, 5.74) is 7.50. The predicted octanol–water partition coefficient (Wildman–Crippen LogP) is 4.92. The molecule has 2 N–H and O–H groups in total. The largest absolute Gasteiger partial charge is 0.324 e. The summed E-state index contributed by atoms with van der Waals surface area (Å²) in [5.74, 6) is 1.11. The fraction of sp³-hybridized carbons (Fsp3) is 0.125. The number of hydrogen-bond donors (Lipinski definition) is 2. The highest BCUT2D eigenvalue weighted by molar-refractivity contribution is 5.96. The van der Waals surface area contributed by atoms with Crippen molar-refractivity contribution in [2.24, 2.45) is 5.10 Å². The van der Waals surface area contributed by atoms with Gasteiger partial charge in [-0.2, -0.15) is 25.2 Å². The molecule has 32 heavy (non-hydrogen) atoms. The Morgan fingerprint density at radius 2 is 1.59 bits per heavy atom. The van der Waals surface area contributed by atoms with Crippen LogP contribution in [0.5, 0.6) is 0 Å². The van der Waals surface area contributed by atoms with Crippen LogP contribution in [0.25, 0.3) is 12.0 Å². The molecule has 0 bridgehead atoms. The van der Waals surface area contributed by atoms with Gasteiger partial charge in [0.25, 0.3) is 5.95 Å². The van der Waals surface area contributed by atoms with E-state index in [-0.39, 0.29) is 0 Å². The minimum absolute atomic E-state index is 0.313. The summed E-state index contributed by atoms with van der Waals surface area (Å²) in [6.45, 7) is 5.79. The average molecular weight is 425 g/mol. The van der Waals surface area contributed by atoms with Crippen LogP contribution in [0.1, 0.15) is 23.9 Å². The zero-order valence-corrected chi connectivity index (χ0v) is 18.2. The zero-order chi connectivity index (χ0) is 22.3. The third kappa shape index (κ3) is 5.42. The molecule has 0 radical (unpaired) electrons. The maximum absolute atomic E-state index is 4.54. The van der Waals surface area contributed by atoms with Crippen molar-refractivity contribution >= 4 is 29.4 Å². The number of nitrogens with one attached hydrogen (secondary N) is 2.